The Bertz CT molecular complexity index is 1270. The number of carbonyl (C=O) groups excluding carboxylic acids is 1. The highest BCUT2D eigenvalue weighted by molar-refractivity contribution is 6.05. The molecule has 0 aliphatic carbocycles. The van der Waals surface area contributed by atoms with Gasteiger partial charge in [-0.3, -0.25) is 4.79 Å². The number of H-pyrrole nitrogens is 1. The Kier molecular flexibility index (Phi) is 4.69. The second-order valence-electron chi connectivity index (χ2n) is 7.60. The van der Waals surface area contributed by atoms with Crippen molar-refractivity contribution < 1.29 is 4.79 Å². The number of nitrogens with one attached hydrogen (secondary N) is 3. The summed E-state index contributed by atoms with van der Waals surface area (Å²) >= 11 is 0. The zero-order valence-electron chi connectivity index (χ0n) is 16.5. The Morgan fingerprint density at radius 2 is 2.03 bits per heavy atom. The molecule has 150 valence electrons. The number of rotatable bonds is 5. The quantitative estimate of drug-likeness (QED) is 0.416. The van der Waals surface area contributed by atoms with Gasteiger partial charge in [-0.25, -0.2) is 4.98 Å². The van der Waals surface area contributed by atoms with Crippen LogP contribution in [0.2, 0.25) is 0 Å². The highest BCUT2D eigenvalue weighted by Gasteiger charge is 2.20. The third kappa shape index (κ3) is 3.31. The molecule has 0 bridgehead atoms. The van der Waals surface area contributed by atoms with Crippen molar-refractivity contribution in [1.82, 2.24) is 15.3 Å². The molecule has 1 amide bonds. The number of aromatic nitrogens is 2. The summed E-state index contributed by atoms with van der Waals surface area (Å²) in [6, 6.07) is 16.3. The van der Waals surface area contributed by atoms with Crippen molar-refractivity contribution >= 4 is 39.5 Å². The van der Waals surface area contributed by atoms with E-state index in [1.54, 1.807) is 6.20 Å². The molecule has 2 aromatic heterocycles. The zero-order chi connectivity index (χ0) is 20.5. The number of hydrogen-bond donors (Lipinski definition) is 4. The number of aromatic amines is 1. The first-order valence-corrected chi connectivity index (χ1v) is 10.1. The maximum Gasteiger partial charge on any atom is 0.249 e. The lowest BCUT2D eigenvalue weighted by molar-refractivity contribution is -0.118. The number of carbonyl (C=O) groups is 1. The second kappa shape index (κ2) is 7.65. The lowest BCUT2D eigenvalue weighted by atomic mass is 9.98. The predicted molar refractivity (Wildman–Crippen MR) is 121 cm³/mol. The third-order valence-corrected chi connectivity index (χ3v) is 5.66. The van der Waals surface area contributed by atoms with E-state index in [1.807, 2.05) is 36.5 Å². The standard InChI is InChI=1S/C24H23N5O/c25-12-19(11-16-6-3-5-15-4-1-2-7-20(15)16)29-24(30)18-10-17-13-28-23-22(17)21(27-14-18)8-9-26-23/h1-10,13,19,27H,11-12,14,25H2,(H,26,28)(H,29,30)/t19-/m0/s1. The first kappa shape index (κ1) is 18.4. The van der Waals surface area contributed by atoms with Gasteiger partial charge in [-0.1, -0.05) is 42.5 Å². The van der Waals surface area contributed by atoms with Crippen molar-refractivity contribution in [3.05, 3.63) is 77.6 Å². The van der Waals surface area contributed by atoms with E-state index in [0.717, 1.165) is 22.3 Å². The Balaban J connectivity index is 1.37. The molecular weight excluding hydrogens is 374 g/mol. The Morgan fingerprint density at radius 3 is 2.93 bits per heavy atom. The van der Waals surface area contributed by atoms with Crippen molar-refractivity contribution in [2.75, 3.05) is 18.4 Å². The van der Waals surface area contributed by atoms with Gasteiger partial charge in [-0.2, -0.15) is 0 Å². The molecule has 0 fully saturated rings. The second-order valence-corrected chi connectivity index (χ2v) is 7.60. The minimum absolute atomic E-state index is 0.103. The summed E-state index contributed by atoms with van der Waals surface area (Å²) in [6.45, 7) is 0.819. The van der Waals surface area contributed by atoms with E-state index in [2.05, 4.69) is 44.9 Å². The fraction of sp³-hybridized carbons (Fsp3) is 0.167. The van der Waals surface area contributed by atoms with Gasteiger partial charge in [0.15, 0.2) is 0 Å². The number of amides is 1. The predicted octanol–water partition coefficient (Wildman–Crippen LogP) is 3.21. The minimum Gasteiger partial charge on any atom is -0.380 e. The number of hydrogen-bond acceptors (Lipinski definition) is 4. The summed E-state index contributed by atoms with van der Waals surface area (Å²) in [7, 11) is 0. The summed E-state index contributed by atoms with van der Waals surface area (Å²) in [5, 5.41) is 9.87. The van der Waals surface area contributed by atoms with E-state index in [0.29, 0.717) is 25.1 Å². The number of nitrogens with two attached hydrogens (primary N) is 1. The highest BCUT2D eigenvalue weighted by atomic mass is 16.1. The van der Waals surface area contributed by atoms with Gasteiger partial charge in [-0.05, 0) is 34.9 Å². The molecule has 0 saturated carbocycles. The smallest absolute Gasteiger partial charge is 0.249 e. The van der Waals surface area contributed by atoms with Crippen LogP contribution in [0.25, 0.3) is 27.9 Å². The maximum atomic E-state index is 13.1. The lowest BCUT2D eigenvalue weighted by Gasteiger charge is -2.19. The van der Waals surface area contributed by atoms with Crippen molar-refractivity contribution in [2.45, 2.75) is 12.5 Å². The summed E-state index contributed by atoms with van der Waals surface area (Å²) in [6.07, 6.45) is 6.25. The van der Waals surface area contributed by atoms with E-state index < -0.39 is 0 Å². The van der Waals surface area contributed by atoms with Crippen LogP contribution in [0.15, 0.2) is 66.5 Å². The molecule has 0 spiro atoms. The number of nitrogens with zero attached hydrogens (tertiary/aromatic N) is 1. The van der Waals surface area contributed by atoms with Crippen molar-refractivity contribution in [1.29, 1.82) is 0 Å². The van der Waals surface area contributed by atoms with Crippen LogP contribution in [0, 0.1) is 0 Å². The molecule has 5 rings (SSSR count). The minimum atomic E-state index is -0.150. The van der Waals surface area contributed by atoms with Crippen LogP contribution >= 0.6 is 0 Å². The normalized spacial score (nSPS) is 14.1. The van der Waals surface area contributed by atoms with Crippen molar-refractivity contribution in [3.8, 4) is 0 Å². The number of benzene rings is 2. The Labute approximate surface area is 174 Å². The molecule has 2 aromatic carbocycles. The van der Waals surface area contributed by atoms with Crippen LogP contribution in [0.1, 0.15) is 11.1 Å². The average molecular weight is 397 g/mol. The van der Waals surface area contributed by atoms with Crippen LogP contribution in [-0.4, -0.2) is 35.0 Å². The van der Waals surface area contributed by atoms with Crippen LogP contribution in [0.5, 0.6) is 0 Å². The largest absolute Gasteiger partial charge is 0.380 e. The molecular formula is C24H23N5O. The number of anilines is 1. The van der Waals surface area contributed by atoms with Crippen LogP contribution < -0.4 is 16.4 Å². The molecule has 5 N–H and O–H groups in total. The van der Waals surface area contributed by atoms with E-state index in [1.165, 1.54) is 16.3 Å². The van der Waals surface area contributed by atoms with Gasteiger partial charge in [0.1, 0.15) is 5.65 Å². The Morgan fingerprint density at radius 1 is 1.17 bits per heavy atom. The molecule has 6 heteroatoms. The van der Waals surface area contributed by atoms with Gasteiger partial charge < -0.3 is 21.4 Å². The molecule has 0 radical (unpaired) electrons. The first-order valence-electron chi connectivity index (χ1n) is 10.1. The Hall–Kier alpha value is -3.64. The molecule has 3 heterocycles. The van der Waals surface area contributed by atoms with Crippen LogP contribution in [0.3, 0.4) is 0 Å². The molecule has 1 aliphatic heterocycles. The summed E-state index contributed by atoms with van der Waals surface area (Å²) in [4.78, 5) is 20.6. The topological polar surface area (TPSA) is 95.8 Å². The summed E-state index contributed by atoms with van der Waals surface area (Å²) < 4.78 is 0. The van der Waals surface area contributed by atoms with Crippen molar-refractivity contribution in [2.24, 2.45) is 5.73 Å². The SMILES string of the molecule is NC[C@H](Cc1cccc2ccccc12)NC(=O)C1=Cc2c[nH]c3nccc(c23)NC1. The van der Waals surface area contributed by atoms with E-state index in [4.69, 9.17) is 5.73 Å². The number of fused-ring (bicyclic) bond motifs is 1. The van der Waals surface area contributed by atoms with Gasteiger partial charge in [0.25, 0.3) is 0 Å². The third-order valence-electron chi connectivity index (χ3n) is 5.66. The van der Waals surface area contributed by atoms with Gasteiger partial charge in [-0.15, -0.1) is 0 Å². The van der Waals surface area contributed by atoms with Crippen molar-refractivity contribution in [3.63, 3.8) is 0 Å². The van der Waals surface area contributed by atoms with E-state index in [-0.39, 0.29) is 11.9 Å². The van der Waals surface area contributed by atoms with Crippen LogP contribution in [0.4, 0.5) is 5.69 Å². The molecule has 4 aromatic rings. The fourth-order valence-corrected chi connectivity index (χ4v) is 4.13. The molecule has 1 aliphatic rings. The van der Waals surface area contributed by atoms with Crippen LogP contribution in [-0.2, 0) is 11.2 Å². The monoisotopic (exact) mass is 397 g/mol. The summed E-state index contributed by atoms with van der Waals surface area (Å²) in [5.41, 5.74) is 10.6. The number of pyridine rings is 1. The van der Waals surface area contributed by atoms with Gasteiger partial charge in [0.05, 0.1) is 0 Å². The van der Waals surface area contributed by atoms with Gasteiger partial charge in [0, 0.05) is 53.7 Å². The average Bonchev–Trinajstić information content (AvgIpc) is 3.09. The maximum absolute atomic E-state index is 13.1. The molecule has 1 atom stereocenters. The molecule has 6 nitrogen and oxygen atoms in total. The molecule has 0 saturated heterocycles. The zero-order valence-corrected chi connectivity index (χ0v) is 16.5. The fourth-order valence-electron chi connectivity index (χ4n) is 4.13. The van der Waals surface area contributed by atoms with Gasteiger partial charge >= 0.3 is 0 Å². The molecule has 30 heavy (non-hydrogen) atoms. The highest BCUT2D eigenvalue weighted by Crippen LogP contribution is 2.29. The van der Waals surface area contributed by atoms with Gasteiger partial charge in [0.2, 0.25) is 5.91 Å². The first-order chi connectivity index (χ1) is 14.7. The molecule has 0 unspecified atom stereocenters. The lowest BCUT2D eigenvalue weighted by Crippen LogP contribution is -2.43. The van der Waals surface area contributed by atoms with E-state index in [9.17, 15) is 4.79 Å². The van der Waals surface area contributed by atoms with E-state index >= 15 is 0 Å². The summed E-state index contributed by atoms with van der Waals surface area (Å²) in [5.74, 6) is -0.103.